The minimum atomic E-state index is -3.44. The van der Waals surface area contributed by atoms with E-state index in [1.165, 1.54) is 37.3 Å². The van der Waals surface area contributed by atoms with Gasteiger partial charge < -0.3 is 14.8 Å². The van der Waals surface area contributed by atoms with E-state index < -0.39 is 33.4 Å². The summed E-state index contributed by atoms with van der Waals surface area (Å²) in [6.45, 7) is 6.56. The lowest BCUT2D eigenvalue weighted by Crippen LogP contribution is -2.46. The van der Waals surface area contributed by atoms with E-state index in [2.05, 4.69) is 10.7 Å². The third-order valence-electron chi connectivity index (χ3n) is 3.96. The van der Waals surface area contributed by atoms with Crippen LogP contribution in [0.5, 0.6) is 0 Å². The number of hydrogen-bond donors (Lipinski definition) is 2. The Bertz CT molecular complexity index is 1070. The van der Waals surface area contributed by atoms with Crippen LogP contribution in [0.3, 0.4) is 0 Å². The summed E-state index contributed by atoms with van der Waals surface area (Å²) in [5.41, 5.74) is 2.88. The molecule has 0 heterocycles. The predicted molar refractivity (Wildman–Crippen MR) is 116 cm³/mol. The van der Waals surface area contributed by atoms with Crippen molar-refractivity contribution < 1.29 is 27.1 Å². The molecule has 0 aliphatic heterocycles. The molecule has 0 aliphatic carbocycles. The van der Waals surface area contributed by atoms with Gasteiger partial charge in [0.25, 0.3) is 0 Å². The lowest BCUT2D eigenvalue weighted by molar-refractivity contribution is -0.111. The number of carbonyl (C=O) groups is 2. The molecule has 10 heteroatoms. The molecule has 0 saturated heterocycles. The zero-order valence-corrected chi connectivity index (χ0v) is 18.8. The van der Waals surface area contributed by atoms with Gasteiger partial charge in [0.1, 0.15) is 23.7 Å². The van der Waals surface area contributed by atoms with Crippen molar-refractivity contribution in [2.24, 2.45) is 0 Å². The zero-order valence-electron chi connectivity index (χ0n) is 18.0. The van der Waals surface area contributed by atoms with Crippen molar-refractivity contribution in [3.63, 3.8) is 0 Å². The number of ether oxygens (including phenoxy) is 1. The van der Waals surface area contributed by atoms with Crippen LogP contribution in [0, 0.1) is 5.82 Å². The Kier molecular flexibility index (Phi) is 7.27. The van der Waals surface area contributed by atoms with Gasteiger partial charge in [0.2, 0.25) is 0 Å². The molecule has 2 N–H and O–H groups in total. The fourth-order valence-electron chi connectivity index (χ4n) is 2.49. The monoisotopic (exact) mass is 451 g/mol. The molecular formula is C21H26FN3O5S. The number of hydrazine groups is 1. The fourth-order valence-corrected chi connectivity index (χ4v) is 3.16. The normalized spacial score (nSPS) is 12.6. The highest BCUT2D eigenvalue weighted by Gasteiger charge is 2.27. The Morgan fingerprint density at radius 2 is 1.84 bits per heavy atom. The van der Waals surface area contributed by atoms with Crippen molar-refractivity contribution in [3.8, 4) is 0 Å². The molecule has 31 heavy (non-hydrogen) atoms. The number of nitrogens with zero attached hydrogens (tertiary/aromatic N) is 1. The van der Waals surface area contributed by atoms with E-state index in [4.69, 9.17) is 4.74 Å². The summed E-state index contributed by atoms with van der Waals surface area (Å²) in [4.78, 5) is 24.0. The van der Waals surface area contributed by atoms with Crippen molar-refractivity contribution in [2.75, 3.05) is 17.0 Å². The Morgan fingerprint density at radius 1 is 1.16 bits per heavy atom. The molecule has 1 atom stereocenters. The van der Waals surface area contributed by atoms with Gasteiger partial charge in [-0.15, -0.1) is 0 Å². The molecule has 0 unspecified atom stereocenters. The van der Waals surface area contributed by atoms with Crippen molar-refractivity contribution in [2.45, 2.75) is 44.2 Å². The first-order chi connectivity index (χ1) is 14.3. The van der Waals surface area contributed by atoms with Crippen molar-refractivity contribution in [1.82, 2.24) is 5.01 Å². The number of aldehydes is 1. The molecule has 2 rings (SSSR count). The second-order valence-electron chi connectivity index (χ2n) is 7.95. The van der Waals surface area contributed by atoms with Gasteiger partial charge in [-0.25, -0.2) is 22.6 Å². The summed E-state index contributed by atoms with van der Waals surface area (Å²) in [6.07, 6.45) is 0.852. The predicted octanol–water partition coefficient (Wildman–Crippen LogP) is 4.12. The Morgan fingerprint density at radius 3 is 2.42 bits per heavy atom. The van der Waals surface area contributed by atoms with Crippen LogP contribution in [-0.2, 0) is 19.4 Å². The first kappa shape index (κ1) is 24.1. The van der Waals surface area contributed by atoms with Crippen molar-refractivity contribution >= 4 is 39.3 Å². The van der Waals surface area contributed by atoms with Crippen LogP contribution >= 0.6 is 0 Å². The number of sulfone groups is 1. The van der Waals surface area contributed by atoms with Gasteiger partial charge in [-0.3, -0.25) is 5.43 Å². The third-order valence-corrected chi connectivity index (χ3v) is 5.07. The van der Waals surface area contributed by atoms with Gasteiger partial charge in [-0.05, 0) is 64.1 Å². The van der Waals surface area contributed by atoms with E-state index in [9.17, 15) is 22.4 Å². The number of carbonyl (C=O) groups excluding carboxylic acids is 2. The van der Waals surface area contributed by atoms with Crippen LogP contribution in [0.2, 0.25) is 0 Å². The fraction of sp³-hybridized carbons (Fsp3) is 0.333. The molecular weight excluding hydrogens is 425 g/mol. The van der Waals surface area contributed by atoms with E-state index in [-0.39, 0.29) is 16.3 Å². The highest BCUT2D eigenvalue weighted by molar-refractivity contribution is 7.90. The minimum absolute atomic E-state index is 0.0911. The Hall–Kier alpha value is -3.14. The van der Waals surface area contributed by atoms with Crippen molar-refractivity contribution in [1.29, 1.82) is 0 Å². The molecule has 8 nitrogen and oxygen atoms in total. The summed E-state index contributed by atoms with van der Waals surface area (Å²) < 4.78 is 42.9. The maximum atomic E-state index is 13.9. The van der Waals surface area contributed by atoms with E-state index in [0.717, 1.165) is 11.3 Å². The molecule has 0 bridgehead atoms. The average Bonchev–Trinajstić information content (AvgIpc) is 2.65. The molecule has 0 fully saturated rings. The van der Waals surface area contributed by atoms with Gasteiger partial charge in [-0.2, -0.15) is 0 Å². The van der Waals surface area contributed by atoms with Crippen LogP contribution in [-0.4, -0.2) is 43.7 Å². The van der Waals surface area contributed by atoms with Crippen LogP contribution in [0.25, 0.3) is 0 Å². The van der Waals surface area contributed by atoms with E-state index in [0.29, 0.717) is 12.0 Å². The molecule has 0 aromatic heterocycles. The zero-order chi connectivity index (χ0) is 23.4. The molecule has 168 valence electrons. The maximum Gasteiger partial charge on any atom is 0.429 e. The van der Waals surface area contributed by atoms with E-state index >= 15 is 0 Å². The van der Waals surface area contributed by atoms with E-state index in [1.54, 1.807) is 32.9 Å². The molecule has 2 aromatic carbocycles. The van der Waals surface area contributed by atoms with E-state index in [1.807, 2.05) is 0 Å². The molecule has 0 saturated carbocycles. The maximum absolute atomic E-state index is 13.9. The van der Waals surface area contributed by atoms with Gasteiger partial charge in [-0.1, -0.05) is 6.07 Å². The third kappa shape index (κ3) is 6.95. The molecule has 0 aliphatic rings. The van der Waals surface area contributed by atoms with Gasteiger partial charge in [0, 0.05) is 11.9 Å². The first-order valence-electron chi connectivity index (χ1n) is 9.41. The van der Waals surface area contributed by atoms with Crippen LogP contribution < -0.4 is 10.7 Å². The summed E-state index contributed by atoms with van der Waals surface area (Å²) in [6, 6.07) is 8.86. The number of nitrogens with one attached hydrogen (secondary N) is 2. The Labute approximate surface area is 181 Å². The van der Waals surface area contributed by atoms with Gasteiger partial charge in [0.15, 0.2) is 9.84 Å². The molecule has 0 radical (unpaired) electrons. The van der Waals surface area contributed by atoms with Crippen LogP contribution in [0.4, 0.5) is 26.2 Å². The second kappa shape index (κ2) is 9.34. The number of halogens is 1. The first-order valence-corrected chi connectivity index (χ1v) is 11.3. The molecule has 1 amide bonds. The second-order valence-corrected chi connectivity index (χ2v) is 9.97. The standard InChI is InChI=1S/C21H26FN3O5S/c1-14(13-26)25(20(27)30-21(2,3)4)24-18-10-9-15(22)11-19(18)23-16-7-6-8-17(12-16)31(5,28)29/h6-14,23-24H,1-5H3/t14-/m0/s1. The highest BCUT2D eigenvalue weighted by atomic mass is 32.2. The van der Waals surface area contributed by atoms with Gasteiger partial charge in [0.05, 0.1) is 16.3 Å². The summed E-state index contributed by atoms with van der Waals surface area (Å²) in [5.74, 6) is -0.556. The number of hydrogen-bond acceptors (Lipinski definition) is 7. The lowest BCUT2D eigenvalue weighted by Gasteiger charge is -2.31. The summed E-state index contributed by atoms with van der Waals surface area (Å²) >= 11 is 0. The molecule has 2 aromatic rings. The number of anilines is 3. The highest BCUT2D eigenvalue weighted by Crippen LogP contribution is 2.29. The number of amides is 1. The number of rotatable bonds is 7. The SMILES string of the molecule is C[C@@H](C=O)N(Nc1ccc(F)cc1Nc1cccc(S(C)(=O)=O)c1)C(=O)OC(C)(C)C. The van der Waals surface area contributed by atoms with Crippen LogP contribution in [0.1, 0.15) is 27.7 Å². The largest absolute Gasteiger partial charge is 0.442 e. The quantitative estimate of drug-likeness (QED) is 0.482. The topological polar surface area (TPSA) is 105 Å². The number of benzene rings is 2. The summed E-state index contributed by atoms with van der Waals surface area (Å²) in [5, 5.41) is 3.93. The smallest absolute Gasteiger partial charge is 0.429 e. The van der Waals surface area contributed by atoms with Crippen LogP contribution in [0.15, 0.2) is 47.4 Å². The lowest BCUT2D eigenvalue weighted by atomic mass is 10.2. The van der Waals surface area contributed by atoms with Crippen molar-refractivity contribution in [3.05, 3.63) is 48.3 Å². The summed E-state index contributed by atoms with van der Waals surface area (Å²) in [7, 11) is -3.44. The average molecular weight is 452 g/mol. The Balaban J connectivity index is 2.39. The van der Waals surface area contributed by atoms with Gasteiger partial charge >= 0.3 is 6.09 Å². The molecule has 0 spiro atoms. The minimum Gasteiger partial charge on any atom is -0.442 e.